The number of hydrogen-bond donors (Lipinski definition) is 2. The Morgan fingerprint density at radius 1 is 1.60 bits per heavy atom. The fourth-order valence-electron chi connectivity index (χ4n) is 1.03. The normalized spacial score (nSPS) is 10.1. The zero-order chi connectivity index (χ0) is 11.1. The van der Waals surface area contributed by atoms with E-state index in [0.29, 0.717) is 6.54 Å². The van der Waals surface area contributed by atoms with Crippen molar-refractivity contribution in [3.05, 3.63) is 24.5 Å². The van der Waals surface area contributed by atoms with Gasteiger partial charge in [0.15, 0.2) is 0 Å². The Balaban J connectivity index is 2.03. The minimum Gasteiger partial charge on any atom is -0.478 e. The van der Waals surface area contributed by atoms with Crippen molar-refractivity contribution in [1.29, 1.82) is 0 Å². The first-order valence-corrected chi connectivity index (χ1v) is 4.66. The molecule has 6 heteroatoms. The maximum absolute atomic E-state index is 10.4. The summed E-state index contributed by atoms with van der Waals surface area (Å²) in [5, 5.41) is 19.0. The molecule has 0 aliphatic heterocycles. The Bertz CT molecular complexity index is 321. The first-order chi connectivity index (χ1) is 7.20. The van der Waals surface area contributed by atoms with E-state index in [1.165, 1.54) is 0 Å². The van der Waals surface area contributed by atoms with Crippen molar-refractivity contribution in [1.82, 2.24) is 20.3 Å². The quantitative estimate of drug-likeness (QED) is 0.485. The van der Waals surface area contributed by atoms with Crippen LogP contribution in [-0.4, -0.2) is 39.2 Å². The van der Waals surface area contributed by atoms with E-state index in [1.807, 2.05) is 0 Å². The number of carbonyl (C=O) groups is 1. The van der Waals surface area contributed by atoms with Gasteiger partial charge in [-0.2, -0.15) is 0 Å². The van der Waals surface area contributed by atoms with Gasteiger partial charge >= 0.3 is 5.97 Å². The third-order valence-electron chi connectivity index (χ3n) is 1.85. The number of aryl methyl sites for hydroxylation is 1. The first-order valence-electron chi connectivity index (χ1n) is 4.66. The third kappa shape index (κ3) is 4.37. The molecule has 0 fully saturated rings. The van der Waals surface area contributed by atoms with Crippen LogP contribution in [0.2, 0.25) is 0 Å². The summed E-state index contributed by atoms with van der Waals surface area (Å²) in [6.45, 7) is 5.22. The SMILES string of the molecule is C=C(CNCCCn1ccnn1)C(=O)O. The summed E-state index contributed by atoms with van der Waals surface area (Å²) >= 11 is 0. The van der Waals surface area contributed by atoms with E-state index in [1.54, 1.807) is 17.1 Å². The van der Waals surface area contributed by atoms with Crippen molar-refractivity contribution in [2.24, 2.45) is 0 Å². The molecule has 0 amide bonds. The summed E-state index contributed by atoms with van der Waals surface area (Å²) < 4.78 is 1.73. The minimum atomic E-state index is -0.959. The highest BCUT2D eigenvalue weighted by molar-refractivity contribution is 5.86. The molecule has 2 N–H and O–H groups in total. The zero-order valence-corrected chi connectivity index (χ0v) is 8.39. The fraction of sp³-hybridized carbons (Fsp3) is 0.444. The van der Waals surface area contributed by atoms with Crippen LogP contribution in [0.3, 0.4) is 0 Å². The molecule has 0 atom stereocenters. The molecule has 0 aliphatic carbocycles. The summed E-state index contributed by atoms with van der Waals surface area (Å²) in [5.74, 6) is -0.959. The maximum atomic E-state index is 10.4. The summed E-state index contributed by atoms with van der Waals surface area (Å²) in [5.41, 5.74) is 0.177. The van der Waals surface area contributed by atoms with Gasteiger partial charge in [0.1, 0.15) is 0 Å². The van der Waals surface area contributed by atoms with E-state index in [0.717, 1.165) is 19.5 Å². The van der Waals surface area contributed by atoms with Gasteiger partial charge in [-0.25, -0.2) is 4.79 Å². The lowest BCUT2D eigenvalue weighted by Crippen LogP contribution is -2.22. The van der Waals surface area contributed by atoms with Crippen molar-refractivity contribution >= 4 is 5.97 Å². The Morgan fingerprint density at radius 2 is 2.40 bits per heavy atom. The van der Waals surface area contributed by atoms with Crippen molar-refractivity contribution in [3.63, 3.8) is 0 Å². The zero-order valence-electron chi connectivity index (χ0n) is 8.39. The van der Waals surface area contributed by atoms with Gasteiger partial charge in [0.2, 0.25) is 0 Å². The highest BCUT2D eigenvalue weighted by Crippen LogP contribution is 1.88. The number of nitrogens with zero attached hydrogens (tertiary/aromatic N) is 3. The van der Waals surface area contributed by atoms with Gasteiger partial charge in [0.05, 0.1) is 6.20 Å². The molecule has 6 nitrogen and oxygen atoms in total. The van der Waals surface area contributed by atoms with E-state index in [2.05, 4.69) is 22.2 Å². The van der Waals surface area contributed by atoms with Crippen LogP contribution in [-0.2, 0) is 11.3 Å². The molecule has 0 unspecified atom stereocenters. The highest BCUT2D eigenvalue weighted by atomic mass is 16.4. The summed E-state index contributed by atoms with van der Waals surface area (Å²) in [7, 11) is 0. The van der Waals surface area contributed by atoms with Crippen LogP contribution in [0.4, 0.5) is 0 Å². The summed E-state index contributed by atoms with van der Waals surface area (Å²) in [4.78, 5) is 10.4. The predicted octanol–water partition coefficient (Wildman–Crippen LogP) is -0.101. The Hall–Kier alpha value is -1.69. The highest BCUT2D eigenvalue weighted by Gasteiger charge is 2.01. The molecule has 15 heavy (non-hydrogen) atoms. The molecule has 0 saturated heterocycles. The molecular formula is C9H14N4O2. The lowest BCUT2D eigenvalue weighted by atomic mass is 10.3. The van der Waals surface area contributed by atoms with Gasteiger partial charge in [-0.15, -0.1) is 5.10 Å². The van der Waals surface area contributed by atoms with Crippen molar-refractivity contribution in [2.75, 3.05) is 13.1 Å². The van der Waals surface area contributed by atoms with Crippen LogP contribution in [0.15, 0.2) is 24.5 Å². The average molecular weight is 210 g/mol. The van der Waals surface area contributed by atoms with E-state index >= 15 is 0 Å². The fourth-order valence-corrected chi connectivity index (χ4v) is 1.03. The molecule has 0 radical (unpaired) electrons. The number of aliphatic carboxylic acids is 1. The van der Waals surface area contributed by atoms with E-state index in [-0.39, 0.29) is 5.57 Å². The summed E-state index contributed by atoms with van der Waals surface area (Å²) in [6.07, 6.45) is 4.28. The van der Waals surface area contributed by atoms with Crippen LogP contribution in [0, 0.1) is 0 Å². The number of carboxylic acids is 1. The molecule has 0 aliphatic rings. The Morgan fingerprint density at radius 3 is 3.00 bits per heavy atom. The molecule has 1 heterocycles. The van der Waals surface area contributed by atoms with Crippen LogP contribution in [0.5, 0.6) is 0 Å². The number of rotatable bonds is 7. The second kappa shape index (κ2) is 5.92. The Labute approximate surface area is 87.6 Å². The minimum absolute atomic E-state index is 0.177. The standard InChI is InChI=1S/C9H14N4O2/c1-8(9(14)15)7-10-3-2-5-13-6-4-11-12-13/h4,6,10H,1-3,5,7H2,(H,14,15). The second-order valence-electron chi connectivity index (χ2n) is 3.11. The summed E-state index contributed by atoms with van der Waals surface area (Å²) in [6, 6.07) is 0. The molecule has 0 aromatic carbocycles. The lowest BCUT2D eigenvalue weighted by Gasteiger charge is -2.04. The maximum Gasteiger partial charge on any atom is 0.332 e. The largest absolute Gasteiger partial charge is 0.478 e. The molecule has 1 aromatic rings. The molecule has 1 aromatic heterocycles. The van der Waals surface area contributed by atoms with Crippen molar-refractivity contribution in [2.45, 2.75) is 13.0 Å². The van der Waals surface area contributed by atoms with E-state index < -0.39 is 5.97 Å². The smallest absolute Gasteiger partial charge is 0.332 e. The molecular weight excluding hydrogens is 196 g/mol. The monoisotopic (exact) mass is 210 g/mol. The van der Waals surface area contributed by atoms with Gasteiger partial charge in [-0.05, 0) is 13.0 Å². The van der Waals surface area contributed by atoms with Gasteiger partial charge < -0.3 is 10.4 Å². The number of nitrogens with one attached hydrogen (secondary N) is 1. The van der Waals surface area contributed by atoms with Gasteiger partial charge in [0, 0.05) is 24.9 Å². The number of aromatic nitrogens is 3. The van der Waals surface area contributed by atoms with Crippen molar-refractivity contribution in [3.8, 4) is 0 Å². The van der Waals surface area contributed by atoms with Gasteiger partial charge in [-0.3, -0.25) is 4.68 Å². The molecule has 82 valence electrons. The van der Waals surface area contributed by atoms with Crippen LogP contribution >= 0.6 is 0 Å². The predicted molar refractivity (Wildman–Crippen MR) is 54.3 cm³/mol. The first kappa shape index (κ1) is 11.4. The number of carboxylic acid groups (broad SMARTS) is 1. The molecule has 0 spiro atoms. The van der Waals surface area contributed by atoms with Gasteiger partial charge in [-0.1, -0.05) is 11.8 Å². The van der Waals surface area contributed by atoms with E-state index in [9.17, 15) is 4.79 Å². The van der Waals surface area contributed by atoms with Crippen LogP contribution in [0.25, 0.3) is 0 Å². The molecule has 0 bridgehead atoms. The second-order valence-corrected chi connectivity index (χ2v) is 3.11. The molecule has 0 saturated carbocycles. The number of hydrogen-bond acceptors (Lipinski definition) is 4. The van der Waals surface area contributed by atoms with E-state index in [4.69, 9.17) is 5.11 Å². The van der Waals surface area contributed by atoms with Crippen molar-refractivity contribution < 1.29 is 9.90 Å². The van der Waals surface area contributed by atoms with Gasteiger partial charge in [0.25, 0.3) is 0 Å². The molecule has 1 rings (SSSR count). The lowest BCUT2D eigenvalue weighted by molar-refractivity contribution is -0.132. The third-order valence-corrected chi connectivity index (χ3v) is 1.85. The average Bonchev–Trinajstić information content (AvgIpc) is 2.69. The van der Waals surface area contributed by atoms with Crippen LogP contribution in [0.1, 0.15) is 6.42 Å². The topological polar surface area (TPSA) is 80.0 Å². The van der Waals surface area contributed by atoms with Crippen LogP contribution < -0.4 is 5.32 Å². The Kier molecular flexibility index (Phi) is 4.49.